The van der Waals surface area contributed by atoms with Crippen LogP contribution in [0.15, 0.2) is 17.0 Å². The number of carboxylic acid groups (broad SMARTS) is 1. The van der Waals surface area contributed by atoms with Gasteiger partial charge in [-0.1, -0.05) is 36.9 Å². The Balaban J connectivity index is 1.63. The molecule has 2 aromatic rings. The summed E-state index contributed by atoms with van der Waals surface area (Å²) in [5, 5.41) is 11.2. The highest BCUT2D eigenvalue weighted by Crippen LogP contribution is 2.41. The Morgan fingerprint density at radius 2 is 1.92 bits per heavy atom. The van der Waals surface area contributed by atoms with Crippen LogP contribution in [0.5, 0.6) is 0 Å². The average molecular weight is 598 g/mol. The van der Waals surface area contributed by atoms with Gasteiger partial charge in [0.1, 0.15) is 10.9 Å². The summed E-state index contributed by atoms with van der Waals surface area (Å²) in [6, 6.07) is -0.762. The van der Waals surface area contributed by atoms with Gasteiger partial charge in [-0.2, -0.15) is 17.9 Å². The fraction of sp³-hybridized carbons (Fsp3) is 0.522. The van der Waals surface area contributed by atoms with Crippen LogP contribution in [0.1, 0.15) is 54.5 Å². The Morgan fingerprint density at radius 3 is 2.47 bits per heavy atom. The maximum absolute atomic E-state index is 15.2. The van der Waals surface area contributed by atoms with Crippen LogP contribution in [0.3, 0.4) is 0 Å². The van der Waals surface area contributed by atoms with E-state index in [9.17, 15) is 31.2 Å². The predicted octanol–water partition coefficient (Wildman–Crippen LogP) is 4.77. The van der Waals surface area contributed by atoms with E-state index < -0.39 is 55.8 Å². The first-order chi connectivity index (χ1) is 17.7. The van der Waals surface area contributed by atoms with Crippen molar-refractivity contribution in [3.8, 4) is 10.4 Å². The lowest BCUT2D eigenvalue weighted by molar-refractivity contribution is -0.147. The van der Waals surface area contributed by atoms with Crippen molar-refractivity contribution in [2.24, 2.45) is 11.8 Å². The topological polar surface area (TPSA) is 125 Å². The second kappa shape index (κ2) is 10.7. The zero-order chi connectivity index (χ0) is 28.0. The number of aromatic nitrogens is 1. The molecule has 15 heteroatoms. The first-order valence-electron chi connectivity index (χ1n) is 11.8. The quantitative estimate of drug-likeness (QED) is 0.358. The minimum Gasteiger partial charge on any atom is -0.481 e. The van der Waals surface area contributed by atoms with E-state index in [-0.39, 0.29) is 16.6 Å². The molecule has 0 radical (unpaired) electrons. The third-order valence-corrected chi connectivity index (χ3v) is 9.88. The number of amides is 1. The van der Waals surface area contributed by atoms with E-state index in [1.807, 2.05) is 0 Å². The first-order valence-corrected chi connectivity index (χ1v) is 14.5. The number of carbonyl (C=O) groups is 2. The van der Waals surface area contributed by atoms with E-state index in [1.165, 1.54) is 10.8 Å². The molecule has 1 aromatic heterocycles. The van der Waals surface area contributed by atoms with Crippen molar-refractivity contribution < 1.29 is 40.7 Å². The number of rotatable bonds is 9. The highest BCUT2D eigenvalue weighted by molar-refractivity contribution is 7.89. The monoisotopic (exact) mass is 597 g/mol. The van der Waals surface area contributed by atoms with Gasteiger partial charge < -0.3 is 10.4 Å². The van der Waals surface area contributed by atoms with E-state index >= 15 is 4.39 Å². The number of benzene rings is 1. The molecule has 0 aliphatic heterocycles. The standard InChI is InChI=1S/C23H24ClF4N3O5S2/c1-10(23(26,27)28)31-38(35,36)16-6-5-14(17(24)18(16)25)19-15(7-11-3-2-4-11)30-21(37-19)20(32)29-13-8-12(9-13)22(33)34/h5-6,10-13,31H,2-4,7-9H2,1H3,(H,29,32)(H,33,34)/t10-,12?,13?/m0/s1. The molecule has 2 aliphatic rings. The molecule has 1 amide bonds. The number of thiazole rings is 1. The molecule has 1 atom stereocenters. The molecule has 2 fully saturated rings. The third-order valence-electron chi connectivity index (χ3n) is 6.82. The van der Waals surface area contributed by atoms with Gasteiger partial charge in [0.25, 0.3) is 5.91 Å². The summed E-state index contributed by atoms with van der Waals surface area (Å²) in [7, 11) is -4.90. The van der Waals surface area contributed by atoms with Gasteiger partial charge in [0.05, 0.1) is 21.5 Å². The van der Waals surface area contributed by atoms with E-state index in [0.29, 0.717) is 42.7 Å². The number of nitrogens with zero attached hydrogens (tertiary/aromatic N) is 1. The van der Waals surface area contributed by atoms with E-state index in [1.54, 1.807) is 0 Å². The molecule has 38 heavy (non-hydrogen) atoms. The van der Waals surface area contributed by atoms with Gasteiger partial charge in [0.2, 0.25) is 10.0 Å². The molecule has 8 nitrogen and oxygen atoms in total. The second-order valence-electron chi connectivity index (χ2n) is 9.60. The molecule has 0 unspecified atom stereocenters. The van der Waals surface area contributed by atoms with Gasteiger partial charge in [-0.15, -0.1) is 11.3 Å². The normalized spacial score (nSPS) is 20.9. The van der Waals surface area contributed by atoms with Crippen molar-refractivity contribution in [1.82, 2.24) is 15.0 Å². The van der Waals surface area contributed by atoms with E-state index in [0.717, 1.165) is 36.7 Å². The summed E-state index contributed by atoms with van der Waals surface area (Å²) in [5.74, 6) is -3.10. The molecular formula is C23H24ClF4N3O5S2. The van der Waals surface area contributed by atoms with Crippen LogP contribution in [0.2, 0.25) is 5.02 Å². The molecule has 4 rings (SSSR count). The Kier molecular flexibility index (Phi) is 8.09. The van der Waals surface area contributed by atoms with Gasteiger partial charge in [-0.25, -0.2) is 17.8 Å². The summed E-state index contributed by atoms with van der Waals surface area (Å²) in [4.78, 5) is 27.6. The number of carboxylic acids is 1. The van der Waals surface area contributed by atoms with Gasteiger partial charge in [0, 0.05) is 11.6 Å². The van der Waals surface area contributed by atoms with E-state index in [4.69, 9.17) is 16.7 Å². The van der Waals surface area contributed by atoms with Crippen molar-refractivity contribution in [2.45, 2.75) is 68.6 Å². The lowest BCUT2D eigenvalue weighted by Gasteiger charge is -2.32. The SMILES string of the molecule is C[C@H](NS(=O)(=O)c1ccc(-c2sc(C(=O)NC3CC(C(=O)O)C3)nc2CC2CCC2)c(Cl)c1F)C(F)(F)F. The summed E-state index contributed by atoms with van der Waals surface area (Å²) < 4.78 is 80.1. The highest BCUT2D eigenvalue weighted by atomic mass is 35.5. The molecule has 0 spiro atoms. The molecule has 3 N–H and O–H groups in total. The zero-order valence-electron chi connectivity index (χ0n) is 19.9. The third kappa shape index (κ3) is 5.97. The predicted molar refractivity (Wildman–Crippen MR) is 131 cm³/mol. The minimum absolute atomic E-state index is 0.0574. The highest BCUT2D eigenvalue weighted by Gasteiger charge is 2.40. The van der Waals surface area contributed by atoms with Crippen molar-refractivity contribution in [2.75, 3.05) is 0 Å². The van der Waals surface area contributed by atoms with E-state index in [2.05, 4.69) is 10.3 Å². The fourth-order valence-corrected chi connectivity index (χ4v) is 6.94. The maximum Gasteiger partial charge on any atom is 0.404 e. The minimum atomic E-state index is -4.90. The smallest absolute Gasteiger partial charge is 0.404 e. The van der Waals surface area contributed by atoms with Crippen molar-refractivity contribution in [3.63, 3.8) is 0 Å². The molecule has 1 aromatic carbocycles. The van der Waals surface area contributed by atoms with Gasteiger partial charge in [-0.05, 0) is 38.2 Å². The van der Waals surface area contributed by atoms with Crippen LogP contribution >= 0.6 is 22.9 Å². The second-order valence-corrected chi connectivity index (χ2v) is 12.7. The van der Waals surface area contributed by atoms with Crippen LogP contribution in [0, 0.1) is 17.7 Å². The molecule has 1 heterocycles. The molecule has 0 bridgehead atoms. The van der Waals surface area contributed by atoms with Crippen LogP contribution in [0.25, 0.3) is 10.4 Å². The fourth-order valence-electron chi connectivity index (χ4n) is 4.23. The number of hydrogen-bond donors (Lipinski definition) is 3. The van der Waals surface area contributed by atoms with Crippen molar-refractivity contribution in [3.05, 3.63) is 33.7 Å². The summed E-state index contributed by atoms with van der Waals surface area (Å²) in [6.45, 7) is 0.591. The Hall–Kier alpha value is -2.29. The maximum atomic E-state index is 15.2. The van der Waals surface area contributed by atoms with Crippen LogP contribution in [-0.2, 0) is 21.2 Å². The van der Waals surface area contributed by atoms with Gasteiger partial charge in [0.15, 0.2) is 10.8 Å². The number of sulfonamides is 1. The van der Waals surface area contributed by atoms with Crippen molar-refractivity contribution >= 4 is 44.8 Å². The zero-order valence-corrected chi connectivity index (χ0v) is 22.3. The Bertz CT molecular complexity index is 1360. The number of aliphatic carboxylic acids is 1. The van der Waals surface area contributed by atoms with Crippen LogP contribution < -0.4 is 10.0 Å². The summed E-state index contributed by atoms with van der Waals surface area (Å²) >= 11 is 7.13. The number of nitrogens with one attached hydrogen (secondary N) is 2. The molecule has 2 saturated carbocycles. The molecule has 208 valence electrons. The number of alkyl halides is 3. The average Bonchev–Trinajstić information content (AvgIpc) is 3.17. The number of hydrogen-bond acceptors (Lipinski definition) is 6. The molecular weight excluding hydrogens is 574 g/mol. The lowest BCUT2D eigenvalue weighted by atomic mass is 9.80. The molecule has 0 saturated heterocycles. The number of halogens is 5. The van der Waals surface area contributed by atoms with Crippen LogP contribution in [0.4, 0.5) is 17.6 Å². The number of carbonyl (C=O) groups excluding carboxylic acids is 1. The first kappa shape index (κ1) is 28.7. The Labute approximate surface area is 224 Å². The van der Waals surface area contributed by atoms with Crippen molar-refractivity contribution in [1.29, 1.82) is 0 Å². The largest absolute Gasteiger partial charge is 0.481 e. The summed E-state index contributed by atoms with van der Waals surface area (Å²) in [5.41, 5.74) is 0.537. The summed E-state index contributed by atoms with van der Waals surface area (Å²) in [6.07, 6.45) is -0.887. The van der Waals surface area contributed by atoms with Gasteiger partial charge >= 0.3 is 12.1 Å². The van der Waals surface area contributed by atoms with Gasteiger partial charge in [-0.3, -0.25) is 9.59 Å². The van der Waals surface area contributed by atoms with Crippen LogP contribution in [-0.4, -0.2) is 48.6 Å². The lowest BCUT2D eigenvalue weighted by Crippen LogP contribution is -2.46. The molecule has 2 aliphatic carbocycles. The Morgan fingerprint density at radius 1 is 1.26 bits per heavy atom.